The van der Waals surface area contributed by atoms with Gasteiger partial charge in [-0.05, 0) is 29.9 Å². The van der Waals surface area contributed by atoms with Crippen molar-refractivity contribution >= 4 is 12.6 Å². The van der Waals surface area contributed by atoms with Crippen molar-refractivity contribution in [1.29, 1.82) is 0 Å². The molecule has 1 aliphatic carbocycles. The van der Waals surface area contributed by atoms with Crippen molar-refractivity contribution in [2.75, 3.05) is 6.54 Å². The number of rotatable bonds is 6. The SMILES string of the molecule is C.OB(O)c1ccccc1CNCCC1CCCCC1. The number of hydrogen-bond donors (Lipinski definition) is 3. The summed E-state index contributed by atoms with van der Waals surface area (Å²) in [7, 11) is -1.38. The summed E-state index contributed by atoms with van der Waals surface area (Å²) in [5.74, 6) is 0.889. The van der Waals surface area contributed by atoms with E-state index in [9.17, 15) is 10.0 Å². The van der Waals surface area contributed by atoms with Gasteiger partial charge in [0.05, 0.1) is 0 Å². The van der Waals surface area contributed by atoms with Gasteiger partial charge in [-0.3, -0.25) is 0 Å². The Morgan fingerprint density at radius 1 is 1.10 bits per heavy atom. The summed E-state index contributed by atoms with van der Waals surface area (Å²) in [6, 6.07) is 7.48. The molecule has 0 spiro atoms. The predicted octanol–water partition coefficient (Wildman–Crippen LogP) is 2.06. The van der Waals surface area contributed by atoms with E-state index >= 15 is 0 Å². The van der Waals surface area contributed by atoms with Crippen molar-refractivity contribution in [1.82, 2.24) is 5.32 Å². The van der Waals surface area contributed by atoms with E-state index in [4.69, 9.17) is 0 Å². The Morgan fingerprint density at radius 3 is 2.50 bits per heavy atom. The standard InChI is InChI=1S/C15H24BNO2.CH4/c18-16(19)15-9-5-4-8-14(15)12-17-11-10-13-6-2-1-3-7-13;/h4-5,8-9,13,17-19H,1-3,6-7,10-12H2;1H4. The molecule has 1 aliphatic rings. The van der Waals surface area contributed by atoms with Crippen LogP contribution in [0.5, 0.6) is 0 Å². The molecule has 0 aliphatic heterocycles. The zero-order chi connectivity index (χ0) is 13.5. The first kappa shape index (κ1) is 17.2. The summed E-state index contributed by atoms with van der Waals surface area (Å²) in [5.41, 5.74) is 1.58. The lowest BCUT2D eigenvalue weighted by Crippen LogP contribution is -2.34. The quantitative estimate of drug-likeness (QED) is 0.551. The van der Waals surface area contributed by atoms with Gasteiger partial charge in [0, 0.05) is 6.54 Å². The second-order valence-corrected chi connectivity index (χ2v) is 5.54. The summed E-state index contributed by atoms with van der Waals surface area (Å²) in [6.45, 7) is 1.72. The molecule has 0 bridgehead atoms. The van der Waals surface area contributed by atoms with Gasteiger partial charge in [0.25, 0.3) is 0 Å². The largest absolute Gasteiger partial charge is 0.488 e. The molecular formula is C16H28BNO2. The molecule has 3 N–H and O–H groups in total. The first-order valence-corrected chi connectivity index (χ1v) is 7.42. The molecule has 1 aromatic rings. The predicted molar refractivity (Wildman–Crippen MR) is 85.9 cm³/mol. The molecule has 0 saturated heterocycles. The molecule has 1 saturated carbocycles. The highest BCUT2D eigenvalue weighted by Gasteiger charge is 2.15. The molecule has 0 atom stereocenters. The van der Waals surface area contributed by atoms with E-state index in [1.807, 2.05) is 18.2 Å². The van der Waals surface area contributed by atoms with Gasteiger partial charge in [0.2, 0.25) is 0 Å². The Morgan fingerprint density at radius 2 is 1.80 bits per heavy atom. The zero-order valence-electron chi connectivity index (χ0n) is 11.5. The van der Waals surface area contributed by atoms with Crippen LogP contribution in [0.4, 0.5) is 0 Å². The van der Waals surface area contributed by atoms with Crippen molar-refractivity contribution in [3.8, 4) is 0 Å². The fraction of sp³-hybridized carbons (Fsp3) is 0.625. The third-order valence-corrected chi connectivity index (χ3v) is 4.10. The van der Waals surface area contributed by atoms with Crippen LogP contribution in [0.2, 0.25) is 0 Å². The van der Waals surface area contributed by atoms with Crippen molar-refractivity contribution in [3.05, 3.63) is 29.8 Å². The second kappa shape index (κ2) is 9.17. The van der Waals surface area contributed by atoms with Crippen LogP contribution in [-0.4, -0.2) is 23.7 Å². The number of benzene rings is 1. The minimum absolute atomic E-state index is 0. The molecule has 0 amide bonds. The highest BCUT2D eigenvalue weighted by Crippen LogP contribution is 2.25. The molecule has 0 aromatic heterocycles. The van der Waals surface area contributed by atoms with Gasteiger partial charge >= 0.3 is 7.12 Å². The maximum absolute atomic E-state index is 9.29. The normalized spacial score (nSPS) is 15.7. The van der Waals surface area contributed by atoms with Gasteiger partial charge in [-0.25, -0.2) is 0 Å². The summed E-state index contributed by atoms with van der Waals surface area (Å²) in [4.78, 5) is 0. The molecule has 2 rings (SSSR count). The molecule has 0 heterocycles. The van der Waals surface area contributed by atoms with E-state index in [1.54, 1.807) is 6.07 Å². The molecule has 20 heavy (non-hydrogen) atoms. The number of nitrogens with one attached hydrogen (secondary N) is 1. The van der Waals surface area contributed by atoms with E-state index in [-0.39, 0.29) is 7.43 Å². The van der Waals surface area contributed by atoms with Gasteiger partial charge < -0.3 is 15.4 Å². The van der Waals surface area contributed by atoms with E-state index in [0.717, 1.165) is 18.0 Å². The molecule has 4 heteroatoms. The van der Waals surface area contributed by atoms with Crippen molar-refractivity contribution in [2.24, 2.45) is 5.92 Å². The first-order valence-electron chi connectivity index (χ1n) is 7.42. The Hall–Kier alpha value is -0.835. The fourth-order valence-corrected chi connectivity index (χ4v) is 2.95. The third kappa shape index (κ3) is 5.27. The molecule has 0 unspecified atom stereocenters. The molecular weight excluding hydrogens is 249 g/mol. The average Bonchev–Trinajstić information content (AvgIpc) is 2.45. The lowest BCUT2D eigenvalue weighted by Gasteiger charge is -2.21. The Balaban J connectivity index is 0.00000200. The van der Waals surface area contributed by atoms with Crippen LogP contribution in [0.15, 0.2) is 24.3 Å². The Kier molecular flexibility index (Phi) is 7.89. The lowest BCUT2D eigenvalue weighted by atomic mass is 9.77. The second-order valence-electron chi connectivity index (χ2n) is 5.54. The van der Waals surface area contributed by atoms with Gasteiger partial charge in [0.15, 0.2) is 0 Å². The molecule has 1 fully saturated rings. The van der Waals surface area contributed by atoms with E-state index in [1.165, 1.54) is 38.5 Å². The Bertz CT molecular complexity index is 378. The monoisotopic (exact) mass is 277 g/mol. The minimum atomic E-state index is -1.38. The summed E-state index contributed by atoms with van der Waals surface area (Å²) >= 11 is 0. The lowest BCUT2D eigenvalue weighted by molar-refractivity contribution is 0.334. The topological polar surface area (TPSA) is 52.5 Å². The fourth-order valence-electron chi connectivity index (χ4n) is 2.95. The summed E-state index contributed by atoms with van der Waals surface area (Å²) in [6.07, 6.45) is 8.20. The van der Waals surface area contributed by atoms with Crippen molar-refractivity contribution < 1.29 is 10.0 Å². The maximum Gasteiger partial charge on any atom is 0.488 e. The van der Waals surface area contributed by atoms with Gasteiger partial charge in [-0.15, -0.1) is 0 Å². The van der Waals surface area contributed by atoms with Gasteiger partial charge in [-0.1, -0.05) is 63.8 Å². The van der Waals surface area contributed by atoms with Crippen molar-refractivity contribution in [3.63, 3.8) is 0 Å². The van der Waals surface area contributed by atoms with E-state index < -0.39 is 7.12 Å². The van der Waals surface area contributed by atoms with E-state index in [0.29, 0.717) is 12.0 Å². The van der Waals surface area contributed by atoms with Crippen LogP contribution < -0.4 is 10.8 Å². The highest BCUT2D eigenvalue weighted by molar-refractivity contribution is 6.59. The van der Waals surface area contributed by atoms with Crippen LogP contribution in [-0.2, 0) is 6.54 Å². The molecule has 112 valence electrons. The maximum atomic E-state index is 9.29. The van der Waals surface area contributed by atoms with E-state index in [2.05, 4.69) is 5.32 Å². The van der Waals surface area contributed by atoms with Gasteiger partial charge in [-0.2, -0.15) is 0 Å². The smallest absolute Gasteiger partial charge is 0.423 e. The Labute approximate surface area is 123 Å². The average molecular weight is 277 g/mol. The van der Waals surface area contributed by atoms with Crippen LogP contribution in [0.3, 0.4) is 0 Å². The van der Waals surface area contributed by atoms with Crippen molar-refractivity contribution in [2.45, 2.75) is 52.5 Å². The summed E-state index contributed by atoms with van der Waals surface area (Å²) < 4.78 is 0. The molecule has 0 radical (unpaired) electrons. The minimum Gasteiger partial charge on any atom is -0.423 e. The molecule has 3 nitrogen and oxygen atoms in total. The third-order valence-electron chi connectivity index (χ3n) is 4.10. The summed E-state index contributed by atoms with van der Waals surface area (Å²) in [5, 5.41) is 22.0. The van der Waals surface area contributed by atoms with Crippen LogP contribution >= 0.6 is 0 Å². The first-order chi connectivity index (χ1) is 9.27. The van der Waals surface area contributed by atoms with Crippen LogP contribution in [0.25, 0.3) is 0 Å². The molecule has 1 aromatic carbocycles. The highest BCUT2D eigenvalue weighted by atomic mass is 16.4. The van der Waals surface area contributed by atoms with Gasteiger partial charge in [0.1, 0.15) is 0 Å². The van der Waals surface area contributed by atoms with Crippen LogP contribution in [0.1, 0.15) is 51.5 Å². The number of hydrogen-bond acceptors (Lipinski definition) is 3. The zero-order valence-corrected chi connectivity index (χ0v) is 11.5. The van der Waals surface area contributed by atoms with Crippen LogP contribution in [0, 0.1) is 5.92 Å².